The first-order valence-electron chi connectivity index (χ1n) is 7.62. The van der Waals surface area contributed by atoms with Gasteiger partial charge in [-0.05, 0) is 30.2 Å². The number of halogens is 1. The third-order valence-electron chi connectivity index (χ3n) is 3.93. The van der Waals surface area contributed by atoms with Gasteiger partial charge in [-0.1, -0.05) is 18.5 Å². The Balaban J connectivity index is 1.64. The van der Waals surface area contributed by atoms with Crippen LogP contribution >= 0.6 is 11.6 Å². The second-order valence-corrected chi connectivity index (χ2v) is 6.27. The van der Waals surface area contributed by atoms with Crippen LogP contribution in [0.25, 0.3) is 0 Å². The molecule has 2 rings (SSSR count). The zero-order valence-electron chi connectivity index (χ0n) is 13.1. The summed E-state index contributed by atoms with van der Waals surface area (Å²) < 4.78 is 5.50. The number of hydrogen-bond acceptors (Lipinski definition) is 4. The number of nitrogens with two attached hydrogens (primary N) is 1. The Morgan fingerprint density at radius 3 is 2.65 bits per heavy atom. The standard InChI is InChI=1S/C16H22ClN3O3/c1-11-8-20(9-14(11)16(18)22)10-15(21)19-6-7-23-13-4-2-12(17)3-5-13/h2-5,11,14H,6-10H2,1H3,(H2,18,22)(H,19,21)/t11-,14-/m1/s1. The molecule has 6 nitrogen and oxygen atoms in total. The van der Waals surface area contributed by atoms with Gasteiger partial charge in [0.2, 0.25) is 11.8 Å². The minimum atomic E-state index is -0.295. The molecule has 126 valence electrons. The summed E-state index contributed by atoms with van der Waals surface area (Å²) in [5, 5.41) is 3.45. The van der Waals surface area contributed by atoms with Crippen LogP contribution in [-0.4, -0.2) is 49.5 Å². The molecule has 0 radical (unpaired) electrons. The first kappa shape index (κ1) is 17.6. The van der Waals surface area contributed by atoms with E-state index in [9.17, 15) is 9.59 Å². The molecule has 3 N–H and O–H groups in total. The van der Waals surface area contributed by atoms with E-state index >= 15 is 0 Å². The average Bonchev–Trinajstić information content (AvgIpc) is 2.86. The van der Waals surface area contributed by atoms with Gasteiger partial charge in [-0.2, -0.15) is 0 Å². The predicted octanol–water partition coefficient (Wildman–Crippen LogP) is 0.888. The lowest BCUT2D eigenvalue weighted by atomic mass is 9.98. The third kappa shape index (κ3) is 5.41. The van der Waals surface area contributed by atoms with Crippen molar-refractivity contribution in [3.8, 4) is 5.75 Å². The molecule has 1 aliphatic rings. The Morgan fingerprint density at radius 2 is 2.04 bits per heavy atom. The summed E-state index contributed by atoms with van der Waals surface area (Å²) in [6, 6.07) is 7.05. The highest BCUT2D eigenvalue weighted by atomic mass is 35.5. The molecule has 1 heterocycles. The summed E-state index contributed by atoms with van der Waals surface area (Å²) >= 11 is 5.79. The number of hydrogen-bond donors (Lipinski definition) is 2. The second kappa shape index (κ2) is 8.17. The van der Waals surface area contributed by atoms with Gasteiger partial charge in [-0.3, -0.25) is 14.5 Å². The molecule has 7 heteroatoms. The molecule has 0 aromatic heterocycles. The number of benzene rings is 1. The predicted molar refractivity (Wildman–Crippen MR) is 88.2 cm³/mol. The van der Waals surface area contributed by atoms with Crippen LogP contribution in [0.3, 0.4) is 0 Å². The number of likely N-dealkylation sites (tertiary alicyclic amines) is 1. The molecule has 1 aliphatic heterocycles. The molecule has 0 saturated carbocycles. The molecule has 0 unspecified atom stereocenters. The smallest absolute Gasteiger partial charge is 0.234 e. The molecule has 1 saturated heterocycles. The van der Waals surface area contributed by atoms with E-state index in [4.69, 9.17) is 22.1 Å². The number of ether oxygens (including phenoxy) is 1. The van der Waals surface area contributed by atoms with Gasteiger partial charge in [0.15, 0.2) is 0 Å². The fourth-order valence-electron chi connectivity index (χ4n) is 2.72. The van der Waals surface area contributed by atoms with Crippen molar-refractivity contribution in [2.45, 2.75) is 6.92 Å². The lowest BCUT2D eigenvalue weighted by Gasteiger charge is -2.15. The molecule has 2 amide bonds. The summed E-state index contributed by atoms with van der Waals surface area (Å²) in [6.45, 7) is 4.31. The Hall–Kier alpha value is -1.79. The zero-order valence-corrected chi connectivity index (χ0v) is 13.9. The van der Waals surface area contributed by atoms with E-state index in [0.29, 0.717) is 37.0 Å². The number of carbonyl (C=O) groups excluding carboxylic acids is 2. The monoisotopic (exact) mass is 339 g/mol. The lowest BCUT2D eigenvalue weighted by Crippen LogP contribution is -2.38. The maximum atomic E-state index is 11.9. The largest absolute Gasteiger partial charge is 0.492 e. The van der Waals surface area contributed by atoms with E-state index in [1.807, 2.05) is 11.8 Å². The van der Waals surface area contributed by atoms with E-state index in [1.54, 1.807) is 24.3 Å². The normalized spacial score (nSPS) is 21.1. The van der Waals surface area contributed by atoms with Gasteiger partial charge in [0.1, 0.15) is 12.4 Å². The van der Waals surface area contributed by atoms with Crippen LogP contribution in [-0.2, 0) is 9.59 Å². The highest BCUT2D eigenvalue weighted by Gasteiger charge is 2.33. The minimum absolute atomic E-state index is 0.0815. The minimum Gasteiger partial charge on any atom is -0.492 e. The highest BCUT2D eigenvalue weighted by Crippen LogP contribution is 2.22. The average molecular weight is 340 g/mol. The van der Waals surface area contributed by atoms with Crippen LogP contribution in [0.15, 0.2) is 24.3 Å². The molecule has 2 atom stereocenters. The van der Waals surface area contributed by atoms with E-state index in [1.165, 1.54) is 0 Å². The van der Waals surface area contributed by atoms with Crippen molar-refractivity contribution in [3.63, 3.8) is 0 Å². The Labute approximate surface area is 140 Å². The fourth-order valence-corrected chi connectivity index (χ4v) is 2.84. The van der Waals surface area contributed by atoms with Gasteiger partial charge >= 0.3 is 0 Å². The topological polar surface area (TPSA) is 84.7 Å². The van der Waals surface area contributed by atoms with Crippen LogP contribution in [0.2, 0.25) is 5.02 Å². The third-order valence-corrected chi connectivity index (χ3v) is 4.18. The molecule has 23 heavy (non-hydrogen) atoms. The number of carbonyl (C=O) groups is 2. The van der Waals surface area contributed by atoms with Crippen molar-refractivity contribution in [2.24, 2.45) is 17.6 Å². The summed E-state index contributed by atoms with van der Waals surface area (Å²) in [5.74, 6) is 0.352. The van der Waals surface area contributed by atoms with Gasteiger partial charge in [-0.25, -0.2) is 0 Å². The Morgan fingerprint density at radius 1 is 1.35 bits per heavy atom. The fraction of sp³-hybridized carbons (Fsp3) is 0.500. The number of amides is 2. The second-order valence-electron chi connectivity index (χ2n) is 5.83. The maximum Gasteiger partial charge on any atom is 0.234 e. The quantitative estimate of drug-likeness (QED) is 0.722. The number of primary amides is 1. The van der Waals surface area contributed by atoms with Crippen molar-refractivity contribution >= 4 is 23.4 Å². The lowest BCUT2D eigenvalue weighted by molar-refractivity contribution is -0.124. The maximum absolute atomic E-state index is 11.9. The first-order chi connectivity index (χ1) is 11.0. The van der Waals surface area contributed by atoms with Gasteiger partial charge in [0.05, 0.1) is 19.0 Å². The van der Waals surface area contributed by atoms with Gasteiger partial charge < -0.3 is 15.8 Å². The van der Waals surface area contributed by atoms with Crippen molar-refractivity contribution < 1.29 is 14.3 Å². The number of rotatable bonds is 7. The molecule has 0 aliphatic carbocycles. The first-order valence-corrected chi connectivity index (χ1v) is 8.00. The molecular weight excluding hydrogens is 318 g/mol. The van der Waals surface area contributed by atoms with Crippen LogP contribution in [0.1, 0.15) is 6.92 Å². The van der Waals surface area contributed by atoms with Gasteiger partial charge in [0, 0.05) is 18.1 Å². The van der Waals surface area contributed by atoms with E-state index in [2.05, 4.69) is 5.32 Å². The molecule has 1 aromatic carbocycles. The van der Waals surface area contributed by atoms with Crippen molar-refractivity contribution in [1.82, 2.24) is 10.2 Å². The van der Waals surface area contributed by atoms with Crippen LogP contribution < -0.4 is 15.8 Å². The number of nitrogens with zero attached hydrogens (tertiary/aromatic N) is 1. The molecule has 0 spiro atoms. The summed E-state index contributed by atoms with van der Waals surface area (Å²) in [7, 11) is 0. The van der Waals surface area contributed by atoms with Crippen LogP contribution in [0.5, 0.6) is 5.75 Å². The molecule has 1 fully saturated rings. The van der Waals surface area contributed by atoms with Crippen molar-refractivity contribution in [2.75, 3.05) is 32.8 Å². The summed E-state index contributed by atoms with van der Waals surface area (Å²) in [6.07, 6.45) is 0. The van der Waals surface area contributed by atoms with Gasteiger partial charge in [-0.15, -0.1) is 0 Å². The van der Waals surface area contributed by atoms with E-state index in [0.717, 1.165) is 0 Å². The Kier molecular flexibility index (Phi) is 6.24. The zero-order chi connectivity index (χ0) is 16.8. The van der Waals surface area contributed by atoms with Crippen LogP contribution in [0.4, 0.5) is 0 Å². The van der Waals surface area contributed by atoms with Crippen molar-refractivity contribution in [3.05, 3.63) is 29.3 Å². The highest BCUT2D eigenvalue weighted by molar-refractivity contribution is 6.30. The molecular formula is C16H22ClN3O3. The summed E-state index contributed by atoms with van der Waals surface area (Å²) in [4.78, 5) is 25.1. The van der Waals surface area contributed by atoms with Gasteiger partial charge in [0.25, 0.3) is 0 Å². The Bertz CT molecular complexity index is 550. The van der Waals surface area contributed by atoms with Crippen LogP contribution in [0, 0.1) is 11.8 Å². The van der Waals surface area contributed by atoms with Crippen molar-refractivity contribution in [1.29, 1.82) is 0 Å². The number of nitrogens with one attached hydrogen (secondary N) is 1. The summed E-state index contributed by atoms with van der Waals surface area (Å²) in [5.41, 5.74) is 5.35. The molecule has 0 bridgehead atoms. The van der Waals surface area contributed by atoms with E-state index < -0.39 is 0 Å². The molecule has 1 aromatic rings. The van der Waals surface area contributed by atoms with E-state index in [-0.39, 0.29) is 30.2 Å². The SMILES string of the molecule is C[C@@H]1CN(CC(=O)NCCOc2ccc(Cl)cc2)C[C@H]1C(N)=O.